The summed E-state index contributed by atoms with van der Waals surface area (Å²) in [5.74, 6) is -0.262. The first-order chi connectivity index (χ1) is 16.5. The molecule has 0 aliphatic carbocycles. The average Bonchev–Trinajstić information content (AvgIpc) is 3.41. The Kier molecular flexibility index (Phi) is 5.52. The van der Waals surface area contributed by atoms with Crippen LogP contribution in [0.15, 0.2) is 45.6 Å². The van der Waals surface area contributed by atoms with Crippen LogP contribution in [0.1, 0.15) is 46.1 Å². The Bertz CT molecular complexity index is 1480. The van der Waals surface area contributed by atoms with Gasteiger partial charge < -0.3 is 13.9 Å². The number of carbonyl (C=O) groups excluding carboxylic acids is 1. The largest absolute Gasteiger partial charge is 0.493 e. The number of aromatic nitrogens is 2. The molecular formula is C24H20FN3O5S. The molecule has 8 nitrogen and oxygen atoms in total. The van der Waals surface area contributed by atoms with Crippen LogP contribution in [0.25, 0.3) is 11.0 Å². The van der Waals surface area contributed by atoms with Gasteiger partial charge in [0.25, 0.3) is 5.91 Å². The van der Waals surface area contributed by atoms with Gasteiger partial charge in [0.2, 0.25) is 10.9 Å². The Balaban J connectivity index is 1.77. The zero-order chi connectivity index (χ0) is 24.0. The van der Waals surface area contributed by atoms with Gasteiger partial charge in [0.05, 0.1) is 31.2 Å². The number of anilines is 1. The van der Waals surface area contributed by atoms with Gasteiger partial charge in [-0.25, -0.2) is 4.39 Å². The minimum absolute atomic E-state index is 0.0582. The van der Waals surface area contributed by atoms with Gasteiger partial charge in [0.1, 0.15) is 16.4 Å². The monoisotopic (exact) mass is 481 g/mol. The second-order valence-electron chi connectivity index (χ2n) is 7.73. The number of halogens is 1. The number of methoxy groups -OCH3 is 2. The zero-order valence-electron chi connectivity index (χ0n) is 18.6. The molecule has 1 aliphatic rings. The molecule has 3 heterocycles. The van der Waals surface area contributed by atoms with E-state index in [0.717, 1.165) is 17.5 Å². The van der Waals surface area contributed by atoms with Gasteiger partial charge in [0.15, 0.2) is 16.9 Å². The summed E-state index contributed by atoms with van der Waals surface area (Å²) in [6.45, 7) is 2.03. The molecule has 0 saturated heterocycles. The van der Waals surface area contributed by atoms with Gasteiger partial charge in [-0.15, -0.1) is 10.2 Å². The molecule has 1 atom stereocenters. The standard InChI is InChI=1S/C24H20FN3O5S/c1-4-5-18-26-27-24(34-18)28-20(12-6-8-16(31-2)17(10-12)32-3)19-21(29)14-11-13(25)7-9-15(14)33-22(19)23(28)30/h6-11,20H,4-5H2,1-3H3/t20-/m1/s1. The molecule has 1 aliphatic heterocycles. The lowest BCUT2D eigenvalue weighted by atomic mass is 9.98. The fraction of sp³-hybridized carbons (Fsp3) is 0.250. The van der Waals surface area contributed by atoms with Crippen LogP contribution in [0, 0.1) is 5.82 Å². The summed E-state index contributed by atoms with van der Waals surface area (Å²) >= 11 is 1.28. The van der Waals surface area contributed by atoms with Crippen molar-refractivity contribution in [3.05, 3.63) is 74.3 Å². The molecule has 4 aromatic rings. The van der Waals surface area contributed by atoms with E-state index >= 15 is 0 Å². The van der Waals surface area contributed by atoms with Crippen LogP contribution in [0.4, 0.5) is 9.52 Å². The zero-order valence-corrected chi connectivity index (χ0v) is 19.4. The van der Waals surface area contributed by atoms with Crippen LogP contribution in [0.5, 0.6) is 11.5 Å². The lowest BCUT2D eigenvalue weighted by Crippen LogP contribution is -2.29. The number of hydrogen-bond acceptors (Lipinski definition) is 8. The highest BCUT2D eigenvalue weighted by molar-refractivity contribution is 7.15. The van der Waals surface area contributed by atoms with Crippen molar-refractivity contribution in [2.24, 2.45) is 0 Å². The van der Waals surface area contributed by atoms with Gasteiger partial charge in [-0.2, -0.15) is 0 Å². The van der Waals surface area contributed by atoms with Crippen LogP contribution < -0.4 is 19.8 Å². The van der Waals surface area contributed by atoms with E-state index in [1.54, 1.807) is 18.2 Å². The summed E-state index contributed by atoms with van der Waals surface area (Å²) < 4.78 is 30.6. The number of ether oxygens (including phenoxy) is 2. The van der Waals surface area contributed by atoms with E-state index in [9.17, 15) is 14.0 Å². The van der Waals surface area contributed by atoms with Crippen LogP contribution in [-0.2, 0) is 6.42 Å². The molecule has 2 aromatic heterocycles. The maximum Gasteiger partial charge on any atom is 0.297 e. The fourth-order valence-electron chi connectivity index (χ4n) is 4.14. The maximum absolute atomic E-state index is 14.0. The van der Waals surface area contributed by atoms with Crippen molar-refractivity contribution < 1.29 is 23.1 Å². The Labute approximate surface area is 197 Å². The molecule has 174 valence electrons. The maximum atomic E-state index is 14.0. The topological polar surface area (TPSA) is 94.8 Å². The Morgan fingerprint density at radius 2 is 1.88 bits per heavy atom. The first-order valence-corrected chi connectivity index (χ1v) is 11.4. The molecule has 0 bridgehead atoms. The third kappa shape index (κ3) is 3.41. The number of aryl methyl sites for hydroxylation is 1. The third-order valence-corrected chi connectivity index (χ3v) is 6.66. The normalized spacial score (nSPS) is 15.1. The molecule has 0 N–H and O–H groups in total. The molecule has 0 unspecified atom stereocenters. The van der Waals surface area contributed by atoms with Crippen LogP contribution in [0.2, 0.25) is 0 Å². The van der Waals surface area contributed by atoms with Gasteiger partial charge >= 0.3 is 0 Å². The molecule has 1 amide bonds. The molecule has 5 rings (SSSR count). The van der Waals surface area contributed by atoms with Gasteiger partial charge in [-0.1, -0.05) is 24.3 Å². The van der Waals surface area contributed by atoms with E-state index in [1.807, 2.05) is 6.92 Å². The lowest BCUT2D eigenvalue weighted by Gasteiger charge is -2.23. The molecule has 2 aromatic carbocycles. The third-order valence-electron chi connectivity index (χ3n) is 5.68. The first kappa shape index (κ1) is 22.0. The molecule has 0 saturated carbocycles. The van der Waals surface area contributed by atoms with E-state index in [1.165, 1.54) is 42.6 Å². The predicted molar refractivity (Wildman–Crippen MR) is 125 cm³/mol. The van der Waals surface area contributed by atoms with Crippen LogP contribution >= 0.6 is 11.3 Å². The van der Waals surface area contributed by atoms with Gasteiger partial charge in [0, 0.05) is 6.42 Å². The van der Waals surface area contributed by atoms with Crippen molar-refractivity contribution in [2.45, 2.75) is 25.8 Å². The van der Waals surface area contributed by atoms with E-state index in [2.05, 4.69) is 10.2 Å². The van der Waals surface area contributed by atoms with E-state index < -0.39 is 23.2 Å². The van der Waals surface area contributed by atoms with Crippen LogP contribution in [0.3, 0.4) is 0 Å². The van der Waals surface area contributed by atoms with Crippen molar-refractivity contribution >= 4 is 33.3 Å². The molecule has 0 radical (unpaired) electrons. The smallest absolute Gasteiger partial charge is 0.297 e. The Hall–Kier alpha value is -3.79. The van der Waals surface area contributed by atoms with E-state index in [-0.39, 0.29) is 22.3 Å². The summed E-state index contributed by atoms with van der Waals surface area (Å²) in [6, 6.07) is 7.91. The van der Waals surface area contributed by atoms with Crippen molar-refractivity contribution in [3.8, 4) is 11.5 Å². The number of carbonyl (C=O) groups is 1. The molecule has 10 heteroatoms. The highest BCUT2D eigenvalue weighted by atomic mass is 32.1. The van der Waals surface area contributed by atoms with Gasteiger partial charge in [-0.3, -0.25) is 14.5 Å². The lowest BCUT2D eigenvalue weighted by molar-refractivity contribution is 0.0970. The summed E-state index contributed by atoms with van der Waals surface area (Å²) in [5, 5.41) is 9.60. The molecule has 0 fully saturated rings. The van der Waals surface area contributed by atoms with E-state index in [4.69, 9.17) is 13.9 Å². The Morgan fingerprint density at radius 3 is 2.62 bits per heavy atom. The number of amides is 1. The molecule has 0 spiro atoms. The highest BCUT2D eigenvalue weighted by Gasteiger charge is 2.45. The SMILES string of the molecule is CCCc1nnc(N2C(=O)c3oc4ccc(F)cc4c(=O)c3[C@H]2c2ccc(OC)c(OC)c2)s1. The van der Waals surface area contributed by atoms with Crippen LogP contribution in [-0.4, -0.2) is 30.3 Å². The summed E-state index contributed by atoms with van der Waals surface area (Å²) in [5.41, 5.74) is 0.350. The van der Waals surface area contributed by atoms with E-state index in [0.29, 0.717) is 28.6 Å². The summed E-state index contributed by atoms with van der Waals surface area (Å²) in [4.78, 5) is 28.6. The second-order valence-corrected chi connectivity index (χ2v) is 8.78. The summed E-state index contributed by atoms with van der Waals surface area (Å²) in [7, 11) is 3.02. The number of rotatable bonds is 6. The van der Waals surface area contributed by atoms with Crippen molar-refractivity contribution in [1.29, 1.82) is 0 Å². The summed E-state index contributed by atoms with van der Waals surface area (Å²) in [6.07, 6.45) is 1.59. The minimum atomic E-state index is -0.867. The van der Waals surface area contributed by atoms with Crippen molar-refractivity contribution in [3.63, 3.8) is 0 Å². The number of hydrogen-bond donors (Lipinski definition) is 0. The predicted octanol–water partition coefficient (Wildman–Crippen LogP) is 4.50. The Morgan fingerprint density at radius 1 is 1.09 bits per heavy atom. The number of fused-ring (bicyclic) bond motifs is 2. The molecule has 34 heavy (non-hydrogen) atoms. The number of benzene rings is 2. The quantitative estimate of drug-likeness (QED) is 0.400. The van der Waals surface area contributed by atoms with Gasteiger partial charge in [-0.05, 0) is 42.3 Å². The average molecular weight is 482 g/mol. The second kappa shape index (κ2) is 8.53. The van der Waals surface area contributed by atoms with Crippen molar-refractivity contribution in [2.75, 3.05) is 19.1 Å². The van der Waals surface area contributed by atoms with Crippen molar-refractivity contribution in [1.82, 2.24) is 10.2 Å². The first-order valence-electron chi connectivity index (χ1n) is 10.6. The number of nitrogens with zero attached hydrogens (tertiary/aromatic N) is 3. The highest BCUT2D eigenvalue weighted by Crippen LogP contribution is 2.44. The molecular weight excluding hydrogens is 461 g/mol. The minimum Gasteiger partial charge on any atom is -0.493 e. The fourth-order valence-corrected chi connectivity index (χ4v) is 5.10.